The second-order valence-corrected chi connectivity index (χ2v) is 6.98. The molecule has 0 spiro atoms. The van der Waals surface area contributed by atoms with Gasteiger partial charge in [-0.15, -0.1) is 0 Å². The quantitative estimate of drug-likeness (QED) is 0.628. The summed E-state index contributed by atoms with van der Waals surface area (Å²) >= 11 is 0. The summed E-state index contributed by atoms with van der Waals surface area (Å²) in [6.45, 7) is 1.57. The summed E-state index contributed by atoms with van der Waals surface area (Å²) in [5.74, 6) is -0.996. The van der Waals surface area contributed by atoms with Gasteiger partial charge in [-0.25, -0.2) is 9.07 Å². The lowest BCUT2D eigenvalue weighted by Crippen LogP contribution is -2.50. The molecule has 2 heterocycles. The molecule has 1 aliphatic heterocycles. The molecule has 30 heavy (non-hydrogen) atoms. The SMILES string of the molecule is O=C(C=Cc1cnn(-c2ccccc2)c1)N1CCN(C(=O)c2ccccc2F)CC1. The van der Waals surface area contributed by atoms with Crippen LogP contribution in [0.15, 0.2) is 73.1 Å². The average Bonchev–Trinajstić information content (AvgIpc) is 3.27. The first-order chi connectivity index (χ1) is 14.6. The van der Waals surface area contributed by atoms with Gasteiger partial charge in [0.1, 0.15) is 5.82 Å². The lowest BCUT2D eigenvalue weighted by molar-refractivity contribution is -0.127. The molecule has 2 amide bonds. The van der Waals surface area contributed by atoms with Gasteiger partial charge in [0.2, 0.25) is 5.91 Å². The van der Waals surface area contributed by atoms with Gasteiger partial charge in [0.25, 0.3) is 5.91 Å². The summed E-state index contributed by atoms with van der Waals surface area (Å²) < 4.78 is 15.6. The van der Waals surface area contributed by atoms with Crippen LogP contribution < -0.4 is 0 Å². The van der Waals surface area contributed by atoms with Crippen LogP contribution in [0.2, 0.25) is 0 Å². The Morgan fingerprint density at radius 2 is 1.57 bits per heavy atom. The number of benzene rings is 2. The van der Waals surface area contributed by atoms with Crippen LogP contribution in [0.1, 0.15) is 15.9 Å². The van der Waals surface area contributed by atoms with Gasteiger partial charge in [0.15, 0.2) is 0 Å². The van der Waals surface area contributed by atoms with Crippen LogP contribution in [0.3, 0.4) is 0 Å². The number of aromatic nitrogens is 2. The third-order valence-electron chi connectivity index (χ3n) is 5.02. The Morgan fingerprint density at radius 3 is 2.30 bits per heavy atom. The Hall–Kier alpha value is -3.74. The van der Waals surface area contributed by atoms with Gasteiger partial charge in [0.05, 0.1) is 17.4 Å². The first-order valence-corrected chi connectivity index (χ1v) is 9.73. The number of nitrogens with zero attached hydrogens (tertiary/aromatic N) is 4. The van der Waals surface area contributed by atoms with Crippen LogP contribution in [-0.4, -0.2) is 57.6 Å². The zero-order valence-corrected chi connectivity index (χ0v) is 16.3. The Morgan fingerprint density at radius 1 is 0.900 bits per heavy atom. The molecule has 6 nitrogen and oxygen atoms in total. The maximum Gasteiger partial charge on any atom is 0.256 e. The van der Waals surface area contributed by atoms with E-state index in [1.54, 1.807) is 38.9 Å². The predicted molar refractivity (Wildman–Crippen MR) is 111 cm³/mol. The van der Waals surface area contributed by atoms with Crippen LogP contribution in [0.4, 0.5) is 4.39 Å². The summed E-state index contributed by atoms with van der Waals surface area (Å²) in [6.07, 6.45) is 6.79. The lowest BCUT2D eigenvalue weighted by atomic mass is 10.1. The molecule has 1 saturated heterocycles. The molecule has 0 bridgehead atoms. The van der Waals surface area contributed by atoms with Crippen LogP contribution in [0, 0.1) is 5.82 Å². The topological polar surface area (TPSA) is 58.4 Å². The third-order valence-corrected chi connectivity index (χ3v) is 5.02. The van der Waals surface area contributed by atoms with E-state index in [1.165, 1.54) is 18.2 Å². The van der Waals surface area contributed by atoms with Crippen LogP contribution in [0.5, 0.6) is 0 Å². The Balaban J connectivity index is 1.33. The molecule has 1 aromatic heterocycles. The molecule has 0 radical (unpaired) electrons. The fourth-order valence-electron chi connectivity index (χ4n) is 3.35. The number of para-hydroxylation sites is 1. The van der Waals surface area contributed by atoms with E-state index in [4.69, 9.17) is 0 Å². The number of carbonyl (C=O) groups is 2. The fourth-order valence-corrected chi connectivity index (χ4v) is 3.35. The van der Waals surface area contributed by atoms with Gasteiger partial charge in [-0.1, -0.05) is 30.3 Å². The first-order valence-electron chi connectivity index (χ1n) is 9.73. The normalized spacial score (nSPS) is 14.3. The Kier molecular flexibility index (Phi) is 5.70. The number of hydrogen-bond acceptors (Lipinski definition) is 3. The maximum atomic E-state index is 13.8. The largest absolute Gasteiger partial charge is 0.336 e. The minimum Gasteiger partial charge on any atom is -0.336 e. The minimum atomic E-state index is -0.528. The second-order valence-electron chi connectivity index (χ2n) is 6.98. The standard InChI is InChI=1S/C23H21FN4O2/c24-21-9-5-4-8-20(21)23(30)27-14-12-26(13-15-27)22(29)11-10-18-16-25-28(17-18)19-6-2-1-3-7-19/h1-11,16-17H,12-15H2. The molecule has 7 heteroatoms. The van der Waals surface area contributed by atoms with Gasteiger partial charge < -0.3 is 9.80 Å². The molecule has 0 atom stereocenters. The summed E-state index contributed by atoms with van der Waals surface area (Å²) in [5.41, 5.74) is 1.83. The Labute approximate surface area is 173 Å². The molecule has 1 aliphatic rings. The van der Waals surface area contributed by atoms with Crippen LogP contribution >= 0.6 is 0 Å². The monoisotopic (exact) mass is 404 g/mol. The van der Waals surface area contributed by atoms with Gasteiger partial charge in [-0.05, 0) is 30.3 Å². The summed E-state index contributed by atoms with van der Waals surface area (Å²) in [5, 5.41) is 4.31. The van der Waals surface area contributed by atoms with Gasteiger partial charge in [0, 0.05) is 44.0 Å². The molecule has 0 N–H and O–H groups in total. The van der Waals surface area contributed by atoms with Crippen molar-refractivity contribution < 1.29 is 14.0 Å². The van der Waals surface area contributed by atoms with E-state index >= 15 is 0 Å². The van der Waals surface area contributed by atoms with E-state index in [-0.39, 0.29) is 17.4 Å². The molecule has 152 valence electrons. The molecular weight excluding hydrogens is 383 g/mol. The highest BCUT2D eigenvalue weighted by Crippen LogP contribution is 2.13. The van der Waals surface area contributed by atoms with E-state index in [9.17, 15) is 14.0 Å². The average molecular weight is 404 g/mol. The number of piperazine rings is 1. The predicted octanol–water partition coefficient (Wildman–Crippen LogP) is 3.01. The number of hydrogen-bond donors (Lipinski definition) is 0. The minimum absolute atomic E-state index is 0.0626. The molecule has 0 aliphatic carbocycles. The first kappa shape index (κ1) is 19.6. The van der Waals surface area contributed by atoms with Crippen molar-refractivity contribution in [1.29, 1.82) is 0 Å². The molecule has 0 unspecified atom stereocenters. The van der Waals surface area contributed by atoms with Crippen molar-refractivity contribution in [3.63, 3.8) is 0 Å². The maximum absolute atomic E-state index is 13.8. The van der Waals surface area contributed by atoms with Crippen LogP contribution in [-0.2, 0) is 4.79 Å². The van der Waals surface area contributed by atoms with Gasteiger partial charge in [-0.2, -0.15) is 5.10 Å². The van der Waals surface area contributed by atoms with Crippen molar-refractivity contribution in [1.82, 2.24) is 19.6 Å². The van der Waals surface area contributed by atoms with Crippen molar-refractivity contribution in [3.05, 3.63) is 90.0 Å². The van der Waals surface area contributed by atoms with E-state index in [2.05, 4.69) is 5.10 Å². The van der Waals surface area contributed by atoms with E-state index in [0.717, 1.165) is 11.3 Å². The molecule has 0 saturated carbocycles. The summed E-state index contributed by atoms with van der Waals surface area (Å²) in [4.78, 5) is 28.2. The third kappa shape index (κ3) is 4.30. The van der Waals surface area contributed by atoms with E-state index in [0.29, 0.717) is 26.2 Å². The number of amides is 2. The molecular formula is C23H21FN4O2. The lowest BCUT2D eigenvalue weighted by Gasteiger charge is -2.34. The number of halogens is 1. The molecule has 2 aromatic carbocycles. The highest BCUT2D eigenvalue weighted by atomic mass is 19.1. The smallest absolute Gasteiger partial charge is 0.256 e. The van der Waals surface area contributed by atoms with Gasteiger partial charge >= 0.3 is 0 Å². The molecule has 4 rings (SSSR count). The van der Waals surface area contributed by atoms with Gasteiger partial charge in [-0.3, -0.25) is 9.59 Å². The highest BCUT2D eigenvalue weighted by molar-refractivity contribution is 5.95. The molecule has 3 aromatic rings. The van der Waals surface area contributed by atoms with Crippen molar-refractivity contribution >= 4 is 17.9 Å². The summed E-state index contributed by atoms with van der Waals surface area (Å²) in [7, 11) is 0. The Bertz CT molecular complexity index is 1070. The fraction of sp³-hybridized carbons (Fsp3) is 0.174. The number of carbonyl (C=O) groups excluding carboxylic acids is 2. The zero-order valence-electron chi connectivity index (χ0n) is 16.3. The molecule has 1 fully saturated rings. The zero-order chi connectivity index (χ0) is 20.9. The van der Waals surface area contributed by atoms with Crippen molar-refractivity contribution in [2.75, 3.05) is 26.2 Å². The highest BCUT2D eigenvalue weighted by Gasteiger charge is 2.25. The van der Waals surface area contributed by atoms with Crippen molar-refractivity contribution in [2.24, 2.45) is 0 Å². The number of rotatable bonds is 4. The second kappa shape index (κ2) is 8.73. The van der Waals surface area contributed by atoms with E-state index < -0.39 is 5.82 Å². The van der Waals surface area contributed by atoms with E-state index in [1.807, 2.05) is 36.5 Å². The van der Waals surface area contributed by atoms with Crippen molar-refractivity contribution in [2.45, 2.75) is 0 Å². The van der Waals surface area contributed by atoms with Crippen LogP contribution in [0.25, 0.3) is 11.8 Å². The van der Waals surface area contributed by atoms with Crippen molar-refractivity contribution in [3.8, 4) is 5.69 Å². The summed E-state index contributed by atoms with van der Waals surface area (Å²) in [6, 6.07) is 15.7.